The average molecular weight is 317 g/mol. The molecule has 110 valence electrons. The molecule has 2 aromatic heterocycles. The first-order valence-corrected chi connectivity index (χ1v) is 8.92. The van der Waals surface area contributed by atoms with E-state index in [0.717, 1.165) is 25.1 Å². The average Bonchev–Trinajstić information content (AvgIpc) is 3.10. The second kappa shape index (κ2) is 6.64. The molecule has 3 aromatic rings. The van der Waals surface area contributed by atoms with Crippen molar-refractivity contribution in [3.63, 3.8) is 0 Å². The first kappa shape index (κ1) is 14.6. The van der Waals surface area contributed by atoms with Crippen molar-refractivity contribution in [2.75, 3.05) is 6.54 Å². The number of hydrogen-bond donors (Lipinski definition) is 1. The Morgan fingerprint density at radius 1 is 1.29 bits per heavy atom. The van der Waals surface area contributed by atoms with Crippen LogP contribution in [0.4, 0.5) is 0 Å². The van der Waals surface area contributed by atoms with Gasteiger partial charge in [0.15, 0.2) is 0 Å². The third-order valence-electron chi connectivity index (χ3n) is 3.63. The zero-order valence-electron chi connectivity index (χ0n) is 12.3. The number of nitrogens with zero attached hydrogens (tertiary/aromatic N) is 2. The summed E-state index contributed by atoms with van der Waals surface area (Å²) in [4.78, 5) is 1.26. The van der Waals surface area contributed by atoms with Crippen molar-refractivity contribution in [1.29, 1.82) is 0 Å². The maximum absolute atomic E-state index is 4.17. The molecule has 0 saturated heterocycles. The molecule has 0 amide bonds. The van der Waals surface area contributed by atoms with Gasteiger partial charge in [-0.25, -0.2) is 0 Å². The molecule has 0 saturated carbocycles. The lowest BCUT2D eigenvalue weighted by Crippen LogP contribution is -2.23. The lowest BCUT2D eigenvalue weighted by atomic mass is 10.0. The molecule has 1 atom stereocenters. The third-order valence-corrected chi connectivity index (χ3v) is 5.58. The Morgan fingerprint density at radius 3 is 2.90 bits per heavy atom. The van der Waals surface area contributed by atoms with Crippen molar-refractivity contribution in [3.05, 3.63) is 45.8 Å². The van der Waals surface area contributed by atoms with Crippen LogP contribution in [-0.4, -0.2) is 16.1 Å². The van der Waals surface area contributed by atoms with Crippen molar-refractivity contribution < 1.29 is 0 Å². The summed E-state index contributed by atoms with van der Waals surface area (Å²) in [6, 6.07) is 8.94. The molecule has 21 heavy (non-hydrogen) atoms. The zero-order valence-corrected chi connectivity index (χ0v) is 13.9. The van der Waals surface area contributed by atoms with E-state index in [-0.39, 0.29) is 0 Å². The van der Waals surface area contributed by atoms with Crippen LogP contribution in [0, 0.1) is 6.92 Å². The number of benzene rings is 1. The fourth-order valence-electron chi connectivity index (χ4n) is 2.54. The van der Waals surface area contributed by atoms with E-state index in [0.29, 0.717) is 6.04 Å². The van der Waals surface area contributed by atoms with Gasteiger partial charge in [0.25, 0.3) is 0 Å². The van der Waals surface area contributed by atoms with Crippen molar-refractivity contribution in [2.24, 2.45) is 0 Å². The molecule has 2 heterocycles. The highest BCUT2D eigenvalue weighted by molar-refractivity contribution is 7.17. The van der Waals surface area contributed by atoms with Gasteiger partial charge in [0.2, 0.25) is 0 Å². The molecule has 0 radical (unpaired) electrons. The minimum absolute atomic E-state index is 0.308. The Bertz CT molecular complexity index is 717. The molecular weight excluding hydrogens is 298 g/mol. The van der Waals surface area contributed by atoms with Gasteiger partial charge >= 0.3 is 0 Å². The molecular formula is C16H19N3S2. The van der Waals surface area contributed by atoms with Gasteiger partial charge in [0.05, 0.1) is 10.6 Å². The van der Waals surface area contributed by atoms with Crippen molar-refractivity contribution >= 4 is 33.0 Å². The lowest BCUT2D eigenvalue weighted by Gasteiger charge is -2.17. The van der Waals surface area contributed by atoms with E-state index in [1.165, 1.54) is 32.1 Å². The Balaban J connectivity index is 1.89. The van der Waals surface area contributed by atoms with Crippen LogP contribution >= 0.6 is 22.9 Å². The molecule has 1 unspecified atom stereocenters. The highest BCUT2D eigenvalue weighted by atomic mass is 32.1. The minimum atomic E-state index is 0.308. The van der Waals surface area contributed by atoms with Crippen molar-refractivity contribution in [2.45, 2.75) is 32.7 Å². The molecule has 0 bridgehead atoms. The zero-order chi connectivity index (χ0) is 14.7. The quantitative estimate of drug-likeness (QED) is 0.734. The fraction of sp³-hybridized carbons (Fsp3) is 0.375. The van der Waals surface area contributed by atoms with E-state index in [9.17, 15) is 0 Å². The Labute approximate surface area is 133 Å². The Hall–Kier alpha value is -1.30. The van der Waals surface area contributed by atoms with Gasteiger partial charge in [-0.15, -0.1) is 16.4 Å². The van der Waals surface area contributed by atoms with Crippen molar-refractivity contribution in [1.82, 2.24) is 14.9 Å². The van der Waals surface area contributed by atoms with Crippen LogP contribution < -0.4 is 5.32 Å². The number of aromatic nitrogens is 2. The summed E-state index contributed by atoms with van der Waals surface area (Å²) >= 11 is 3.34. The first-order chi connectivity index (χ1) is 10.3. The summed E-state index contributed by atoms with van der Waals surface area (Å²) in [5, 5.41) is 11.5. The Kier molecular flexibility index (Phi) is 4.63. The maximum Gasteiger partial charge on any atom is 0.0772 e. The molecule has 1 aromatic carbocycles. The normalized spacial score (nSPS) is 12.9. The van der Waals surface area contributed by atoms with Crippen LogP contribution in [0.25, 0.3) is 10.1 Å². The van der Waals surface area contributed by atoms with Crippen LogP contribution in [0.3, 0.4) is 0 Å². The summed E-state index contributed by atoms with van der Waals surface area (Å²) in [6.07, 6.45) is 2.13. The number of aryl methyl sites for hydroxylation is 1. The molecule has 0 spiro atoms. The smallest absolute Gasteiger partial charge is 0.0772 e. The van der Waals surface area contributed by atoms with Crippen LogP contribution in [0.15, 0.2) is 29.6 Å². The number of fused-ring (bicyclic) bond motifs is 1. The van der Waals surface area contributed by atoms with Gasteiger partial charge in [-0.05, 0) is 60.2 Å². The molecule has 0 aliphatic rings. The Morgan fingerprint density at radius 2 is 2.14 bits per heavy atom. The second-order valence-corrected chi connectivity index (χ2v) is 6.89. The van der Waals surface area contributed by atoms with Gasteiger partial charge in [-0.1, -0.05) is 29.6 Å². The standard InChI is InChI=1S/C16H19N3S2/c1-3-8-17-14(16-11(2)18-19-21-16)9-12-10-20-15-7-5-4-6-13(12)15/h4-7,10,14,17H,3,8-9H2,1-2H3. The predicted octanol–water partition coefficient (Wildman–Crippen LogP) is 4.34. The second-order valence-electron chi connectivity index (χ2n) is 5.19. The third kappa shape index (κ3) is 3.15. The predicted molar refractivity (Wildman–Crippen MR) is 91.2 cm³/mol. The summed E-state index contributed by atoms with van der Waals surface area (Å²) in [5.41, 5.74) is 2.46. The molecule has 0 aliphatic carbocycles. The molecule has 0 aliphatic heterocycles. The fourth-order valence-corrected chi connectivity index (χ4v) is 4.24. The largest absolute Gasteiger partial charge is 0.309 e. The molecule has 3 nitrogen and oxygen atoms in total. The van der Waals surface area contributed by atoms with Gasteiger partial charge in [-0.3, -0.25) is 0 Å². The van der Waals surface area contributed by atoms with E-state index in [1.807, 2.05) is 18.3 Å². The highest BCUT2D eigenvalue weighted by Crippen LogP contribution is 2.31. The van der Waals surface area contributed by atoms with Crippen LogP contribution in [0.1, 0.15) is 35.5 Å². The summed E-state index contributed by atoms with van der Waals surface area (Å²) in [6.45, 7) is 5.26. The van der Waals surface area contributed by atoms with Gasteiger partial charge < -0.3 is 5.32 Å². The SMILES string of the molecule is CCCNC(Cc1csc2ccccc12)c1snnc1C. The molecule has 0 fully saturated rings. The topological polar surface area (TPSA) is 37.8 Å². The van der Waals surface area contributed by atoms with E-state index in [1.54, 1.807) is 0 Å². The van der Waals surface area contributed by atoms with Crippen LogP contribution in [0.5, 0.6) is 0 Å². The van der Waals surface area contributed by atoms with E-state index in [4.69, 9.17) is 0 Å². The molecule has 5 heteroatoms. The summed E-state index contributed by atoms with van der Waals surface area (Å²) in [7, 11) is 0. The molecule has 1 N–H and O–H groups in total. The minimum Gasteiger partial charge on any atom is -0.309 e. The van der Waals surface area contributed by atoms with Gasteiger partial charge in [0, 0.05) is 10.7 Å². The first-order valence-electron chi connectivity index (χ1n) is 7.27. The summed E-state index contributed by atoms with van der Waals surface area (Å²) in [5.74, 6) is 0. The van der Waals surface area contributed by atoms with Crippen LogP contribution in [-0.2, 0) is 6.42 Å². The lowest BCUT2D eigenvalue weighted by molar-refractivity contribution is 0.535. The monoisotopic (exact) mass is 317 g/mol. The van der Waals surface area contributed by atoms with Gasteiger partial charge in [0.1, 0.15) is 0 Å². The van der Waals surface area contributed by atoms with Crippen molar-refractivity contribution in [3.8, 4) is 0 Å². The summed E-state index contributed by atoms with van der Waals surface area (Å²) < 4.78 is 5.46. The maximum atomic E-state index is 4.17. The molecule has 3 rings (SSSR count). The number of hydrogen-bond acceptors (Lipinski definition) is 5. The van der Waals surface area contributed by atoms with Crippen LogP contribution in [0.2, 0.25) is 0 Å². The van der Waals surface area contributed by atoms with Gasteiger partial charge in [-0.2, -0.15) is 0 Å². The number of nitrogens with one attached hydrogen (secondary N) is 1. The van der Waals surface area contributed by atoms with E-state index < -0.39 is 0 Å². The van der Waals surface area contributed by atoms with E-state index in [2.05, 4.69) is 51.5 Å². The van der Waals surface area contributed by atoms with E-state index >= 15 is 0 Å². The number of rotatable bonds is 6. The number of thiophene rings is 1. The highest BCUT2D eigenvalue weighted by Gasteiger charge is 2.18.